The van der Waals surface area contributed by atoms with Crippen LogP contribution in [0.5, 0.6) is 0 Å². The lowest BCUT2D eigenvalue weighted by Gasteiger charge is -2.13. The summed E-state index contributed by atoms with van der Waals surface area (Å²) in [6, 6.07) is 22.5. The largest absolute Gasteiger partial charge is 0.213 e. The Balaban J connectivity index is 2.09. The fourth-order valence-corrected chi connectivity index (χ4v) is 3.68. The number of aryl methyl sites for hydroxylation is 4. The van der Waals surface area contributed by atoms with Crippen LogP contribution in [0.15, 0.2) is 72.9 Å². The molecule has 3 aromatic carbocycles. The maximum absolute atomic E-state index is 8.15. The number of pyridine rings is 1. The lowest BCUT2D eigenvalue weighted by molar-refractivity contribution is -0.660. The van der Waals surface area contributed by atoms with Crippen LogP contribution in [-0.4, -0.2) is 0 Å². The van der Waals surface area contributed by atoms with Crippen molar-refractivity contribution in [2.45, 2.75) is 20.7 Å². The number of nitrogens with zero attached hydrogens (tertiary/aromatic N) is 1. The predicted octanol–water partition coefficient (Wildman–Crippen LogP) is 5.92. The monoisotopic (exact) mass is 341 g/mol. The Morgan fingerprint density at radius 2 is 1.42 bits per heavy atom. The standard InChI is InChI=1S/C25H24N/c1-17-9-5-6-11-21(17)25-15-24(19(3)16-26(25)4)23-14-13-18(2)20-10-7-8-12-22(20)23/h5-16H,1-4H3/q+1/i3D3. The maximum Gasteiger partial charge on any atom is 0.213 e. The van der Waals surface area contributed by atoms with Gasteiger partial charge in [-0.1, -0.05) is 54.6 Å². The van der Waals surface area contributed by atoms with Crippen LogP contribution in [0.4, 0.5) is 0 Å². The van der Waals surface area contributed by atoms with Crippen molar-refractivity contribution in [3.8, 4) is 22.4 Å². The summed E-state index contributed by atoms with van der Waals surface area (Å²) in [4.78, 5) is 0. The van der Waals surface area contributed by atoms with Crippen molar-refractivity contribution in [3.63, 3.8) is 0 Å². The van der Waals surface area contributed by atoms with Crippen molar-refractivity contribution in [3.05, 3.63) is 89.6 Å². The van der Waals surface area contributed by atoms with Crippen molar-refractivity contribution in [1.29, 1.82) is 0 Å². The van der Waals surface area contributed by atoms with E-state index >= 15 is 0 Å². The van der Waals surface area contributed by atoms with Crippen molar-refractivity contribution < 1.29 is 8.68 Å². The first-order valence-electron chi connectivity index (χ1n) is 10.4. The highest BCUT2D eigenvalue weighted by atomic mass is 14.9. The highest BCUT2D eigenvalue weighted by Crippen LogP contribution is 2.34. The van der Waals surface area contributed by atoms with Gasteiger partial charge in [0, 0.05) is 21.3 Å². The Hall–Kier alpha value is -2.93. The second-order valence-electron chi connectivity index (χ2n) is 6.89. The number of hydrogen-bond acceptors (Lipinski definition) is 0. The van der Waals surface area contributed by atoms with Crippen molar-refractivity contribution in [1.82, 2.24) is 0 Å². The average molecular weight is 341 g/mol. The van der Waals surface area contributed by atoms with Crippen LogP contribution < -0.4 is 4.57 Å². The molecule has 0 saturated heterocycles. The summed E-state index contributed by atoms with van der Waals surface area (Å²) in [5.41, 5.74) is 6.52. The van der Waals surface area contributed by atoms with Gasteiger partial charge >= 0.3 is 0 Å². The van der Waals surface area contributed by atoms with Crippen LogP contribution in [-0.2, 0) is 7.05 Å². The minimum atomic E-state index is -2.21. The van der Waals surface area contributed by atoms with Gasteiger partial charge in [-0.3, -0.25) is 0 Å². The van der Waals surface area contributed by atoms with E-state index in [2.05, 4.69) is 44.2 Å². The van der Waals surface area contributed by atoms with Crippen LogP contribution in [0.2, 0.25) is 0 Å². The highest BCUT2D eigenvalue weighted by molar-refractivity contribution is 5.99. The second-order valence-corrected chi connectivity index (χ2v) is 6.89. The van der Waals surface area contributed by atoms with Crippen LogP contribution in [0.3, 0.4) is 0 Å². The second kappa shape index (κ2) is 6.42. The molecule has 0 aliphatic carbocycles. The summed E-state index contributed by atoms with van der Waals surface area (Å²) < 4.78 is 26.4. The van der Waals surface area contributed by atoms with E-state index in [1.165, 1.54) is 5.56 Å². The van der Waals surface area contributed by atoms with Gasteiger partial charge in [-0.25, -0.2) is 4.57 Å². The zero-order valence-corrected chi connectivity index (χ0v) is 15.4. The van der Waals surface area contributed by atoms with Gasteiger partial charge in [0.05, 0.1) is 0 Å². The third-order valence-corrected chi connectivity index (χ3v) is 5.13. The molecule has 0 N–H and O–H groups in total. The molecule has 0 fully saturated rings. The molecule has 0 saturated carbocycles. The van der Waals surface area contributed by atoms with Crippen LogP contribution in [0.1, 0.15) is 20.8 Å². The predicted molar refractivity (Wildman–Crippen MR) is 110 cm³/mol. The zero-order valence-electron chi connectivity index (χ0n) is 18.4. The zero-order chi connectivity index (χ0) is 20.8. The number of benzene rings is 3. The van der Waals surface area contributed by atoms with E-state index in [1.54, 1.807) is 6.20 Å². The Morgan fingerprint density at radius 1 is 0.692 bits per heavy atom. The van der Waals surface area contributed by atoms with Crippen LogP contribution in [0, 0.1) is 20.7 Å². The van der Waals surface area contributed by atoms with Crippen molar-refractivity contribution in [2.75, 3.05) is 0 Å². The molecule has 0 bridgehead atoms. The Morgan fingerprint density at radius 3 is 2.19 bits per heavy atom. The van der Waals surface area contributed by atoms with Gasteiger partial charge in [0.15, 0.2) is 6.20 Å². The summed E-state index contributed by atoms with van der Waals surface area (Å²) in [7, 11) is 1.91. The molecule has 4 aromatic rings. The maximum atomic E-state index is 8.15. The van der Waals surface area contributed by atoms with Gasteiger partial charge in [-0.05, 0) is 59.8 Å². The van der Waals surface area contributed by atoms with Gasteiger partial charge in [0.25, 0.3) is 0 Å². The number of hydrogen-bond donors (Lipinski definition) is 0. The Kier molecular flexibility index (Phi) is 3.28. The number of fused-ring (bicyclic) bond motifs is 1. The van der Waals surface area contributed by atoms with Gasteiger partial charge in [0.2, 0.25) is 5.69 Å². The molecule has 0 aliphatic rings. The lowest BCUT2D eigenvalue weighted by atomic mass is 9.92. The van der Waals surface area contributed by atoms with Crippen molar-refractivity contribution >= 4 is 10.8 Å². The fraction of sp³-hybridized carbons (Fsp3) is 0.160. The molecule has 1 nitrogen and oxygen atoms in total. The van der Waals surface area contributed by atoms with E-state index in [4.69, 9.17) is 4.11 Å². The molecule has 0 atom stereocenters. The molecule has 1 heterocycles. The smallest absolute Gasteiger partial charge is 0.201 e. The molecule has 0 radical (unpaired) electrons. The molecule has 0 spiro atoms. The molecule has 1 heteroatoms. The SMILES string of the molecule is [2H]C([2H])([2H])c1c[n+](C)c(-c2ccccc2C)cc1-c1ccc(C)c2ccccc12. The van der Waals surface area contributed by atoms with Gasteiger partial charge in [0.1, 0.15) is 7.05 Å². The topological polar surface area (TPSA) is 3.88 Å². The first-order valence-corrected chi connectivity index (χ1v) is 8.86. The van der Waals surface area contributed by atoms with E-state index in [9.17, 15) is 0 Å². The quantitative estimate of drug-likeness (QED) is 0.398. The van der Waals surface area contributed by atoms with Crippen LogP contribution in [0.25, 0.3) is 33.2 Å². The van der Waals surface area contributed by atoms with Gasteiger partial charge in [-0.15, -0.1) is 0 Å². The first-order chi connectivity index (χ1) is 13.8. The molecular weight excluding hydrogens is 314 g/mol. The normalized spacial score (nSPS) is 13.3. The average Bonchev–Trinajstić information content (AvgIpc) is 2.69. The third-order valence-electron chi connectivity index (χ3n) is 5.13. The van der Waals surface area contributed by atoms with Gasteiger partial charge in [-0.2, -0.15) is 0 Å². The molecule has 128 valence electrons. The third kappa shape index (κ3) is 2.70. The minimum absolute atomic E-state index is 0.367. The van der Waals surface area contributed by atoms with Gasteiger partial charge < -0.3 is 0 Å². The molecule has 4 rings (SSSR count). The first kappa shape index (κ1) is 13.3. The lowest BCUT2D eigenvalue weighted by Crippen LogP contribution is -2.31. The molecule has 26 heavy (non-hydrogen) atoms. The molecule has 0 unspecified atom stereocenters. The highest BCUT2D eigenvalue weighted by Gasteiger charge is 2.17. The van der Waals surface area contributed by atoms with E-state index in [-0.39, 0.29) is 0 Å². The Bertz CT molecular complexity index is 1220. The summed E-state index contributed by atoms with van der Waals surface area (Å²) >= 11 is 0. The number of aromatic nitrogens is 1. The molecule has 0 aliphatic heterocycles. The minimum Gasteiger partial charge on any atom is -0.201 e. The Labute approximate surface area is 159 Å². The van der Waals surface area contributed by atoms with E-state index in [0.29, 0.717) is 5.56 Å². The summed E-state index contributed by atoms with van der Waals surface area (Å²) in [6.45, 7) is 1.96. The summed E-state index contributed by atoms with van der Waals surface area (Å²) in [5, 5.41) is 2.22. The van der Waals surface area contributed by atoms with Crippen molar-refractivity contribution in [2.24, 2.45) is 7.05 Å². The summed E-state index contributed by atoms with van der Waals surface area (Å²) in [6.07, 6.45) is 1.76. The molecular formula is C25H24N+. The molecule has 1 aromatic heterocycles. The summed E-state index contributed by atoms with van der Waals surface area (Å²) in [5.74, 6) is 0. The fourth-order valence-electron chi connectivity index (χ4n) is 3.68. The van der Waals surface area contributed by atoms with Crippen LogP contribution >= 0.6 is 0 Å². The van der Waals surface area contributed by atoms with E-state index in [0.717, 1.165) is 38.7 Å². The molecule has 0 amide bonds. The van der Waals surface area contributed by atoms with E-state index < -0.39 is 6.85 Å². The van der Waals surface area contributed by atoms with E-state index in [1.807, 2.05) is 48.0 Å². The number of rotatable bonds is 2.